The molecule has 1 fully saturated rings. The molecule has 7 atom stereocenters. The third-order valence-corrected chi connectivity index (χ3v) is 16.0. The molecule has 1 unspecified atom stereocenters. The molecule has 20 nitrogen and oxygen atoms in total. The zero-order valence-corrected chi connectivity index (χ0v) is 45.8. The Balaban J connectivity index is 1.44. The van der Waals surface area contributed by atoms with Crippen molar-refractivity contribution in [2.75, 3.05) is 46.4 Å². The summed E-state index contributed by atoms with van der Waals surface area (Å²) in [6, 6.07) is 7.24. The second-order valence-electron chi connectivity index (χ2n) is 18.7. The summed E-state index contributed by atoms with van der Waals surface area (Å²) in [6.07, 6.45) is 6.93. The molecule has 0 saturated carbocycles. The second-order valence-corrected chi connectivity index (χ2v) is 22.0. The van der Waals surface area contributed by atoms with E-state index in [0.717, 1.165) is 61.4 Å². The van der Waals surface area contributed by atoms with E-state index in [9.17, 15) is 39.2 Å². The molecule has 5 N–H and O–H groups in total. The van der Waals surface area contributed by atoms with Crippen molar-refractivity contribution in [3.05, 3.63) is 74.4 Å². The van der Waals surface area contributed by atoms with Gasteiger partial charge in [-0.1, -0.05) is 90.2 Å². The van der Waals surface area contributed by atoms with Gasteiger partial charge in [0.2, 0.25) is 17.7 Å². The fraction of sp³-hybridized carbons (Fsp3) is 0.620. The van der Waals surface area contributed by atoms with E-state index in [1.54, 1.807) is 36.4 Å². The maximum Gasteiger partial charge on any atom is 0.426 e. The van der Waals surface area contributed by atoms with Crippen LogP contribution in [0, 0.1) is 27.9 Å². The summed E-state index contributed by atoms with van der Waals surface area (Å²) in [6.45, 7) is 13.1. The number of nitrogens with zero attached hydrogens (tertiary/aromatic N) is 5. The minimum atomic E-state index is -0.908. The van der Waals surface area contributed by atoms with Crippen LogP contribution >= 0.6 is 32.9 Å². The first-order chi connectivity index (χ1) is 35.0. The summed E-state index contributed by atoms with van der Waals surface area (Å²) in [5.41, 5.74) is 5.39. The van der Waals surface area contributed by atoms with Crippen molar-refractivity contribution in [3.8, 4) is 5.75 Å². The average Bonchev–Trinajstić information content (AvgIpc) is 3.87. The summed E-state index contributed by atoms with van der Waals surface area (Å²) in [4.78, 5) is 91.6. The van der Waals surface area contributed by atoms with Gasteiger partial charge in [0.05, 0.1) is 11.0 Å². The SMILES string of the molecule is CCCCCOCN(C(=O)[C@@H](NC(=O)[C@H]1CCCCN1C)C(C)CC)[C@H](C[C@@H](OC)c1nc(C(=O)N[C@@H](Cc2ccc(O)cc2)C[C@H](C)C(=O)NNC(=O)OCCSSc2ncccc2[N+](=O)[O-])cs1)C(C)C. The highest BCUT2D eigenvalue weighted by Crippen LogP contribution is 2.35. The van der Waals surface area contributed by atoms with E-state index in [1.165, 1.54) is 52.6 Å². The number of unbranched alkanes of at least 4 members (excludes halogenated alkanes) is 2. The van der Waals surface area contributed by atoms with Gasteiger partial charge in [-0.05, 0) is 92.1 Å². The number of thiazole rings is 1. The molecule has 0 aliphatic carbocycles. The average molecular weight is 1070 g/mol. The van der Waals surface area contributed by atoms with Crippen molar-refractivity contribution in [2.24, 2.45) is 17.8 Å². The zero-order valence-electron chi connectivity index (χ0n) is 43.3. The first-order valence-electron chi connectivity index (χ1n) is 25.0. The molecule has 1 aromatic carbocycles. The van der Waals surface area contributed by atoms with Gasteiger partial charge in [-0.2, -0.15) is 0 Å². The number of methoxy groups -OCH3 is 1. The van der Waals surface area contributed by atoms with Crippen LogP contribution in [0.1, 0.15) is 126 Å². The number of phenols is 1. The normalized spacial score (nSPS) is 16.3. The highest BCUT2D eigenvalue weighted by Gasteiger charge is 2.39. The number of nitrogens with one attached hydrogen (secondary N) is 4. The Morgan fingerprint density at radius 2 is 1.77 bits per heavy atom. The van der Waals surface area contributed by atoms with Gasteiger partial charge < -0.3 is 34.9 Å². The highest BCUT2D eigenvalue weighted by molar-refractivity contribution is 8.76. The Hall–Kier alpha value is -5.07. The Bertz CT molecular complexity index is 2220. The minimum absolute atomic E-state index is 0.0300. The fourth-order valence-electron chi connectivity index (χ4n) is 8.30. The Labute approximate surface area is 441 Å². The van der Waals surface area contributed by atoms with Crippen molar-refractivity contribution in [1.82, 2.24) is 41.3 Å². The van der Waals surface area contributed by atoms with Gasteiger partial charge >= 0.3 is 11.8 Å². The number of nitro groups is 1. The molecule has 3 aromatic rings. The number of likely N-dealkylation sites (tertiary alicyclic amines) is 1. The highest BCUT2D eigenvalue weighted by atomic mass is 33.1. The number of rotatable bonds is 30. The van der Waals surface area contributed by atoms with Crippen molar-refractivity contribution in [1.29, 1.82) is 0 Å². The molecule has 1 aliphatic heterocycles. The van der Waals surface area contributed by atoms with E-state index in [1.807, 2.05) is 34.7 Å². The first kappa shape index (κ1) is 60.5. The molecular weight excluding hydrogens is 999 g/mol. The molecule has 23 heteroatoms. The van der Waals surface area contributed by atoms with Gasteiger partial charge in [-0.25, -0.2) is 20.2 Å². The van der Waals surface area contributed by atoms with Crippen LogP contribution in [0.2, 0.25) is 0 Å². The third-order valence-electron chi connectivity index (χ3n) is 12.8. The monoisotopic (exact) mass is 1070 g/mol. The number of amides is 5. The number of benzene rings is 1. The number of carbonyl (C=O) groups is 5. The predicted molar refractivity (Wildman–Crippen MR) is 283 cm³/mol. The summed E-state index contributed by atoms with van der Waals surface area (Å²) in [5.74, 6) is -1.98. The summed E-state index contributed by atoms with van der Waals surface area (Å²) >= 11 is 1.25. The number of likely N-dealkylation sites (N-methyl/N-ethyl adjacent to an activating group) is 1. The molecule has 4 rings (SSSR count). The van der Waals surface area contributed by atoms with Crippen LogP contribution in [0.15, 0.2) is 53.0 Å². The van der Waals surface area contributed by atoms with Crippen molar-refractivity contribution >= 4 is 68.3 Å². The van der Waals surface area contributed by atoms with E-state index in [-0.39, 0.29) is 77.4 Å². The molecule has 73 heavy (non-hydrogen) atoms. The van der Waals surface area contributed by atoms with Gasteiger partial charge in [-0.15, -0.1) is 11.3 Å². The van der Waals surface area contributed by atoms with Crippen LogP contribution in [0.25, 0.3) is 0 Å². The van der Waals surface area contributed by atoms with E-state index in [0.29, 0.717) is 30.9 Å². The molecular formula is C50H75N9O11S3. The fourth-order valence-corrected chi connectivity index (χ4v) is 11.0. The Morgan fingerprint density at radius 3 is 2.44 bits per heavy atom. The number of hydrogen-bond acceptors (Lipinski definition) is 17. The lowest BCUT2D eigenvalue weighted by molar-refractivity contribution is -0.388. The number of hydrogen-bond donors (Lipinski definition) is 5. The lowest BCUT2D eigenvalue weighted by Crippen LogP contribution is -2.59. The number of ether oxygens (including phenoxy) is 3. The van der Waals surface area contributed by atoms with Crippen LogP contribution < -0.4 is 21.5 Å². The van der Waals surface area contributed by atoms with Gasteiger partial charge in [-0.3, -0.25) is 39.6 Å². The number of hydrazine groups is 1. The quantitative estimate of drug-likeness (QED) is 0.0140. The maximum atomic E-state index is 14.9. The van der Waals surface area contributed by atoms with Crippen LogP contribution in [-0.2, 0) is 35.0 Å². The smallest absolute Gasteiger partial charge is 0.426 e. The molecule has 2 aromatic heterocycles. The molecule has 0 spiro atoms. The molecule has 404 valence electrons. The van der Waals surface area contributed by atoms with Gasteiger partial charge in [0, 0.05) is 61.5 Å². The maximum absolute atomic E-state index is 14.9. The predicted octanol–water partition coefficient (Wildman–Crippen LogP) is 7.83. The summed E-state index contributed by atoms with van der Waals surface area (Å²) in [5, 5.41) is 29.7. The van der Waals surface area contributed by atoms with E-state index in [2.05, 4.69) is 38.3 Å². The number of aromatic nitrogens is 2. The van der Waals surface area contributed by atoms with Crippen molar-refractivity contribution < 1.29 is 48.2 Å². The summed E-state index contributed by atoms with van der Waals surface area (Å²) < 4.78 is 17.4. The summed E-state index contributed by atoms with van der Waals surface area (Å²) in [7, 11) is 5.81. The molecule has 0 bridgehead atoms. The van der Waals surface area contributed by atoms with Crippen molar-refractivity contribution in [2.45, 2.75) is 141 Å². The third kappa shape index (κ3) is 19.6. The van der Waals surface area contributed by atoms with Gasteiger partial charge in [0.1, 0.15) is 41.9 Å². The van der Waals surface area contributed by atoms with Gasteiger partial charge in [0.25, 0.3) is 5.91 Å². The van der Waals surface area contributed by atoms with Crippen LogP contribution in [0.5, 0.6) is 5.75 Å². The van der Waals surface area contributed by atoms with E-state index >= 15 is 0 Å². The van der Waals surface area contributed by atoms with Crippen LogP contribution in [-0.4, -0.2) is 130 Å². The number of phenolic OH excluding ortho intramolecular Hbond substituents is 1. The number of carbonyl (C=O) groups excluding carboxylic acids is 5. The van der Waals surface area contributed by atoms with Gasteiger partial charge in [0.15, 0.2) is 5.03 Å². The van der Waals surface area contributed by atoms with Crippen LogP contribution in [0.3, 0.4) is 0 Å². The number of piperidine rings is 1. The molecule has 5 amide bonds. The topological polar surface area (TPSA) is 257 Å². The van der Waals surface area contributed by atoms with Crippen LogP contribution in [0.4, 0.5) is 10.5 Å². The van der Waals surface area contributed by atoms with E-state index < -0.39 is 53.0 Å². The number of pyridine rings is 1. The Morgan fingerprint density at radius 1 is 1.01 bits per heavy atom. The molecule has 1 saturated heterocycles. The minimum Gasteiger partial charge on any atom is -0.508 e. The standard InChI is InChI=1S/C50H75N9O11S3/c1-9-11-14-24-69-31-58(49(64)43(33(5)10-2)54-46(63)39-16-12-13-23-57(39)7)41(32(3)4)29-42(68-8)48-53-38(30-71-48)45(62)52-36(28-35-18-20-37(60)21-19-35)27-34(6)44(61)55-56-50(65)70-25-26-72-73-47-40(59(66)67)17-15-22-51-47/h15,17-22,30,32-34,36,39,41-43,60H,9-14,16,23-29,31H2,1-8H3,(H,52,62)(H,54,63)(H,55,61)(H,56,65)/t33?,34-,36+,39+,41+,42+,43-/m0/s1. The first-order valence-corrected chi connectivity index (χ1v) is 28.2. The molecule has 0 radical (unpaired) electrons. The molecule has 1 aliphatic rings. The molecule has 3 heterocycles. The van der Waals surface area contributed by atoms with E-state index in [4.69, 9.17) is 19.2 Å². The largest absolute Gasteiger partial charge is 0.508 e. The lowest BCUT2D eigenvalue weighted by atomic mass is 9.92. The second kappa shape index (κ2) is 31.6. The number of aromatic hydroxyl groups is 1. The van der Waals surface area contributed by atoms with Crippen molar-refractivity contribution in [3.63, 3.8) is 0 Å². The lowest BCUT2D eigenvalue weighted by Gasteiger charge is -2.40. The Kier molecular flexibility index (Phi) is 26.2. The zero-order chi connectivity index (χ0) is 53.5.